The Morgan fingerprint density at radius 1 is 1.35 bits per heavy atom. The van der Waals surface area contributed by atoms with E-state index in [0.29, 0.717) is 18.5 Å². The smallest absolute Gasteiger partial charge is 0.243 e. The molecular weight excluding hydrogens is 356 g/mol. The van der Waals surface area contributed by atoms with E-state index in [-0.39, 0.29) is 42.9 Å². The van der Waals surface area contributed by atoms with E-state index >= 15 is 0 Å². The summed E-state index contributed by atoms with van der Waals surface area (Å²) in [5.41, 5.74) is 5.50. The Morgan fingerprint density at radius 2 is 2.04 bits per heavy atom. The van der Waals surface area contributed by atoms with Crippen molar-refractivity contribution in [2.45, 2.75) is 31.6 Å². The summed E-state index contributed by atoms with van der Waals surface area (Å²) in [5.74, 6) is -0.556. The Bertz CT molecular complexity index is 766. The minimum absolute atomic E-state index is 0.0383. The summed E-state index contributed by atoms with van der Waals surface area (Å²) < 4.78 is 26.6. The molecule has 8 nitrogen and oxygen atoms in total. The predicted molar refractivity (Wildman–Crippen MR) is 98.9 cm³/mol. The molecule has 4 N–H and O–H groups in total. The summed E-state index contributed by atoms with van der Waals surface area (Å²) >= 11 is 0. The lowest BCUT2D eigenvalue weighted by Crippen LogP contribution is -2.49. The third-order valence-corrected chi connectivity index (χ3v) is 6.80. The van der Waals surface area contributed by atoms with Crippen molar-refractivity contribution in [1.29, 1.82) is 0 Å². The molecule has 1 aliphatic heterocycles. The van der Waals surface area contributed by atoms with Crippen LogP contribution >= 0.6 is 0 Å². The lowest BCUT2D eigenvalue weighted by Gasteiger charge is -2.29. The summed E-state index contributed by atoms with van der Waals surface area (Å²) in [6.07, 6.45) is 1.18. The molecule has 0 unspecified atom stereocenters. The molecule has 1 aromatic carbocycles. The number of sulfonamides is 1. The molecule has 144 valence electrons. The van der Waals surface area contributed by atoms with Gasteiger partial charge in [-0.05, 0) is 31.0 Å². The standard InChI is InChI=1S/C17H26N4O4S/c1-3-17(4-2,12-18)16(23)20-13-6-5-7-14(10-13)26(24,25)21-9-8-19-15(22)11-21/h5-7,10H,3-4,8-9,11-12,18H2,1-2H3,(H,19,22)(H,20,23). The van der Waals surface area contributed by atoms with Crippen LogP contribution in [0.25, 0.3) is 0 Å². The van der Waals surface area contributed by atoms with Gasteiger partial charge in [0.2, 0.25) is 21.8 Å². The first-order valence-electron chi connectivity index (χ1n) is 8.67. The second-order valence-electron chi connectivity index (χ2n) is 6.36. The fourth-order valence-corrected chi connectivity index (χ4v) is 4.36. The number of hydrogen-bond donors (Lipinski definition) is 3. The highest BCUT2D eigenvalue weighted by Crippen LogP contribution is 2.28. The Hall–Kier alpha value is -1.97. The summed E-state index contributed by atoms with van der Waals surface area (Å²) in [7, 11) is -3.81. The van der Waals surface area contributed by atoms with Crippen LogP contribution in [-0.4, -0.2) is 50.7 Å². The topological polar surface area (TPSA) is 122 Å². The second-order valence-corrected chi connectivity index (χ2v) is 8.30. The van der Waals surface area contributed by atoms with Crippen molar-refractivity contribution < 1.29 is 18.0 Å². The minimum Gasteiger partial charge on any atom is -0.354 e. The van der Waals surface area contributed by atoms with Gasteiger partial charge in [-0.15, -0.1) is 0 Å². The first-order chi connectivity index (χ1) is 12.3. The third-order valence-electron chi connectivity index (χ3n) is 4.96. The zero-order valence-electron chi connectivity index (χ0n) is 15.1. The van der Waals surface area contributed by atoms with Crippen LogP contribution in [0.3, 0.4) is 0 Å². The summed E-state index contributed by atoms with van der Waals surface area (Å²) in [6, 6.07) is 6.06. The van der Waals surface area contributed by atoms with Crippen LogP contribution in [0, 0.1) is 5.41 Å². The van der Waals surface area contributed by atoms with Gasteiger partial charge in [-0.3, -0.25) is 9.59 Å². The maximum Gasteiger partial charge on any atom is 0.243 e. The largest absolute Gasteiger partial charge is 0.354 e. The predicted octanol–water partition coefficient (Wildman–Crippen LogP) is 0.511. The van der Waals surface area contributed by atoms with Crippen LogP contribution in [0.15, 0.2) is 29.2 Å². The van der Waals surface area contributed by atoms with Gasteiger partial charge in [-0.2, -0.15) is 4.31 Å². The van der Waals surface area contributed by atoms with E-state index in [0.717, 1.165) is 4.31 Å². The van der Waals surface area contributed by atoms with E-state index in [4.69, 9.17) is 5.73 Å². The van der Waals surface area contributed by atoms with E-state index < -0.39 is 15.4 Å². The maximum atomic E-state index is 12.7. The van der Waals surface area contributed by atoms with Crippen molar-refractivity contribution in [2.75, 3.05) is 31.5 Å². The number of nitrogens with two attached hydrogens (primary N) is 1. The minimum atomic E-state index is -3.81. The molecule has 0 spiro atoms. The third kappa shape index (κ3) is 4.05. The van der Waals surface area contributed by atoms with Crippen molar-refractivity contribution in [3.8, 4) is 0 Å². The zero-order chi connectivity index (χ0) is 19.4. The van der Waals surface area contributed by atoms with Gasteiger partial charge in [0, 0.05) is 25.3 Å². The summed E-state index contributed by atoms with van der Waals surface area (Å²) in [5, 5.41) is 5.37. The average Bonchev–Trinajstić information content (AvgIpc) is 2.64. The zero-order valence-corrected chi connectivity index (χ0v) is 15.9. The SMILES string of the molecule is CCC(CC)(CN)C(=O)Nc1cccc(S(=O)(=O)N2CCNC(=O)C2)c1. The first kappa shape index (κ1) is 20.3. The summed E-state index contributed by atoms with van der Waals surface area (Å²) in [4.78, 5) is 24.2. The number of carbonyl (C=O) groups excluding carboxylic acids is 2. The Morgan fingerprint density at radius 3 is 2.62 bits per heavy atom. The van der Waals surface area contributed by atoms with Crippen LogP contribution in [0.2, 0.25) is 0 Å². The number of anilines is 1. The van der Waals surface area contributed by atoms with Crippen LogP contribution in [0.1, 0.15) is 26.7 Å². The van der Waals surface area contributed by atoms with Gasteiger partial charge in [0.1, 0.15) is 0 Å². The Kier molecular flexibility index (Phi) is 6.38. The normalized spacial score (nSPS) is 16.2. The second kappa shape index (κ2) is 8.15. The van der Waals surface area contributed by atoms with Crippen molar-refractivity contribution in [1.82, 2.24) is 9.62 Å². The maximum absolute atomic E-state index is 12.7. The molecule has 1 fully saturated rings. The number of amides is 2. The van der Waals surface area contributed by atoms with Gasteiger partial charge < -0.3 is 16.4 Å². The number of benzene rings is 1. The van der Waals surface area contributed by atoms with Gasteiger partial charge >= 0.3 is 0 Å². The average molecular weight is 382 g/mol. The molecule has 1 aliphatic rings. The van der Waals surface area contributed by atoms with E-state index in [1.807, 2.05) is 13.8 Å². The van der Waals surface area contributed by atoms with Crippen LogP contribution < -0.4 is 16.4 Å². The molecule has 0 radical (unpaired) electrons. The van der Waals surface area contributed by atoms with Gasteiger partial charge in [-0.1, -0.05) is 19.9 Å². The first-order valence-corrected chi connectivity index (χ1v) is 10.1. The summed E-state index contributed by atoms with van der Waals surface area (Å²) in [6.45, 7) is 4.30. The van der Waals surface area contributed by atoms with Gasteiger partial charge in [0.15, 0.2) is 0 Å². The lowest BCUT2D eigenvalue weighted by atomic mass is 9.81. The number of carbonyl (C=O) groups is 2. The van der Waals surface area contributed by atoms with E-state index in [9.17, 15) is 18.0 Å². The van der Waals surface area contributed by atoms with Crippen LogP contribution in [0.5, 0.6) is 0 Å². The number of nitrogens with one attached hydrogen (secondary N) is 2. The molecule has 0 saturated carbocycles. The van der Waals surface area contributed by atoms with E-state index in [2.05, 4.69) is 10.6 Å². The van der Waals surface area contributed by atoms with Crippen molar-refractivity contribution in [3.63, 3.8) is 0 Å². The van der Waals surface area contributed by atoms with Crippen molar-refractivity contribution in [2.24, 2.45) is 11.1 Å². The number of nitrogens with zero attached hydrogens (tertiary/aromatic N) is 1. The highest BCUT2D eigenvalue weighted by atomic mass is 32.2. The highest BCUT2D eigenvalue weighted by Gasteiger charge is 2.34. The molecule has 0 aromatic heterocycles. The van der Waals surface area contributed by atoms with Gasteiger partial charge in [-0.25, -0.2) is 8.42 Å². The molecule has 26 heavy (non-hydrogen) atoms. The molecule has 9 heteroatoms. The Balaban J connectivity index is 2.25. The van der Waals surface area contributed by atoms with E-state index in [1.54, 1.807) is 12.1 Å². The number of rotatable bonds is 7. The van der Waals surface area contributed by atoms with Crippen molar-refractivity contribution >= 4 is 27.5 Å². The number of hydrogen-bond acceptors (Lipinski definition) is 5. The molecule has 0 bridgehead atoms. The Labute approximate surface area is 154 Å². The lowest BCUT2D eigenvalue weighted by molar-refractivity contribution is -0.125. The van der Waals surface area contributed by atoms with Crippen molar-refractivity contribution in [3.05, 3.63) is 24.3 Å². The highest BCUT2D eigenvalue weighted by molar-refractivity contribution is 7.89. The molecule has 1 heterocycles. The van der Waals surface area contributed by atoms with Gasteiger partial charge in [0.25, 0.3) is 0 Å². The molecule has 1 aromatic rings. The molecule has 2 amide bonds. The number of piperazine rings is 1. The monoisotopic (exact) mass is 382 g/mol. The fourth-order valence-electron chi connectivity index (χ4n) is 2.92. The molecule has 1 saturated heterocycles. The quantitative estimate of drug-likeness (QED) is 0.634. The molecule has 2 rings (SSSR count). The van der Waals surface area contributed by atoms with E-state index in [1.165, 1.54) is 12.1 Å². The molecule has 0 aliphatic carbocycles. The van der Waals surface area contributed by atoms with Gasteiger partial charge in [0.05, 0.1) is 16.9 Å². The fraction of sp³-hybridized carbons (Fsp3) is 0.529. The molecule has 0 atom stereocenters. The van der Waals surface area contributed by atoms with Crippen LogP contribution in [-0.2, 0) is 19.6 Å². The van der Waals surface area contributed by atoms with Crippen LogP contribution in [0.4, 0.5) is 5.69 Å². The molecular formula is C17H26N4O4S.